The van der Waals surface area contributed by atoms with Gasteiger partial charge in [-0.05, 0) is 30.2 Å². The Balaban J connectivity index is 0.00000392. The Morgan fingerprint density at radius 1 is 1.39 bits per heavy atom. The van der Waals surface area contributed by atoms with Crippen LogP contribution in [0, 0.1) is 5.92 Å². The first-order chi connectivity index (χ1) is 13.0. The van der Waals surface area contributed by atoms with E-state index < -0.39 is 0 Å². The molecule has 1 fully saturated rings. The topological polar surface area (TPSA) is 66.0 Å². The van der Waals surface area contributed by atoms with Crippen LogP contribution in [0.4, 0.5) is 0 Å². The monoisotopic (exact) mass is 522 g/mol. The molecule has 2 rings (SSSR count). The Morgan fingerprint density at radius 3 is 2.75 bits per heavy atom. The van der Waals surface area contributed by atoms with E-state index in [9.17, 15) is 4.79 Å². The highest BCUT2D eigenvalue weighted by Crippen LogP contribution is 2.25. The summed E-state index contributed by atoms with van der Waals surface area (Å²) >= 11 is 1.71. The van der Waals surface area contributed by atoms with Crippen LogP contribution in [-0.2, 0) is 16.1 Å². The second-order valence-corrected chi connectivity index (χ2v) is 8.27. The normalized spacial score (nSPS) is 19.8. The number of hydrogen-bond donors (Lipinski definition) is 2. The van der Waals surface area contributed by atoms with Gasteiger partial charge < -0.3 is 20.3 Å². The highest BCUT2D eigenvalue weighted by molar-refractivity contribution is 14.0. The molecule has 0 radical (unpaired) electrons. The van der Waals surface area contributed by atoms with Crippen molar-refractivity contribution in [1.82, 2.24) is 15.5 Å². The lowest BCUT2D eigenvalue weighted by Gasteiger charge is -2.35. The fourth-order valence-electron chi connectivity index (χ4n) is 3.32. The summed E-state index contributed by atoms with van der Waals surface area (Å²) in [4.78, 5) is 19.3. The van der Waals surface area contributed by atoms with Gasteiger partial charge >= 0.3 is 0 Å². The molecule has 160 valence electrons. The van der Waals surface area contributed by atoms with Gasteiger partial charge in [0.15, 0.2) is 5.96 Å². The third-order valence-electron chi connectivity index (χ3n) is 5.11. The summed E-state index contributed by atoms with van der Waals surface area (Å²) < 4.78 is 6.02. The number of rotatable bonds is 8. The zero-order valence-electron chi connectivity index (χ0n) is 17.4. The number of aliphatic imine (C=N–C) groups is 1. The number of ether oxygens (including phenoxy) is 1. The number of carbonyl (C=O) groups excluding carboxylic acids is 1. The molecular weight excluding hydrogens is 487 g/mol. The lowest BCUT2D eigenvalue weighted by molar-refractivity contribution is -0.127. The first kappa shape index (κ1) is 25.2. The van der Waals surface area contributed by atoms with Crippen molar-refractivity contribution in [1.29, 1.82) is 0 Å². The van der Waals surface area contributed by atoms with Crippen molar-refractivity contribution in [2.75, 3.05) is 27.2 Å². The number of carbonyl (C=O) groups is 1. The van der Waals surface area contributed by atoms with E-state index in [4.69, 9.17) is 4.74 Å². The zero-order valence-corrected chi connectivity index (χ0v) is 20.6. The van der Waals surface area contributed by atoms with E-state index in [1.165, 1.54) is 4.88 Å². The minimum atomic E-state index is -0.00546. The number of nitrogens with zero attached hydrogens (tertiary/aromatic N) is 2. The van der Waals surface area contributed by atoms with E-state index in [1.54, 1.807) is 30.3 Å². The fraction of sp³-hybridized carbons (Fsp3) is 0.700. The summed E-state index contributed by atoms with van der Waals surface area (Å²) in [5, 5.41) is 8.98. The quantitative estimate of drug-likeness (QED) is 0.312. The van der Waals surface area contributed by atoms with Crippen molar-refractivity contribution in [3.63, 3.8) is 0 Å². The Bertz CT molecular complexity index is 591. The van der Waals surface area contributed by atoms with Crippen LogP contribution in [0.25, 0.3) is 0 Å². The molecule has 1 aromatic rings. The standard InChI is InChI=1S/C20H34N4O2S.HI/c1-5-15(6-2)18-12-16(9-10-26-18)23-20(22-14-19(25)24(3)4)21-13-17-8-7-11-27-17;/h7-8,11,15-16,18H,5-6,9-10,12-14H2,1-4H3,(H2,21,22,23);1H. The summed E-state index contributed by atoms with van der Waals surface area (Å²) in [7, 11) is 3.51. The summed E-state index contributed by atoms with van der Waals surface area (Å²) in [6.07, 6.45) is 4.52. The lowest BCUT2D eigenvalue weighted by Crippen LogP contribution is -2.48. The number of thiophene rings is 1. The summed E-state index contributed by atoms with van der Waals surface area (Å²) in [6.45, 7) is 6.09. The molecular formula is C20H35IN4O2S. The Hall–Kier alpha value is -0.870. The summed E-state index contributed by atoms with van der Waals surface area (Å²) in [5.74, 6) is 1.30. The van der Waals surface area contributed by atoms with Crippen LogP contribution in [0.1, 0.15) is 44.4 Å². The molecule has 0 saturated carbocycles. The predicted molar refractivity (Wildman–Crippen MR) is 128 cm³/mol. The number of likely N-dealkylation sites (N-methyl/N-ethyl adjacent to an activating group) is 1. The van der Waals surface area contributed by atoms with Crippen molar-refractivity contribution in [3.8, 4) is 0 Å². The summed E-state index contributed by atoms with van der Waals surface area (Å²) in [5.41, 5.74) is 0. The van der Waals surface area contributed by atoms with E-state index in [0.717, 1.165) is 32.3 Å². The highest BCUT2D eigenvalue weighted by Gasteiger charge is 2.28. The van der Waals surface area contributed by atoms with E-state index in [0.29, 0.717) is 30.6 Å². The van der Waals surface area contributed by atoms with Crippen molar-refractivity contribution >= 4 is 47.2 Å². The van der Waals surface area contributed by atoms with Gasteiger partial charge in [0, 0.05) is 31.6 Å². The molecule has 1 amide bonds. The highest BCUT2D eigenvalue weighted by atomic mass is 127. The molecule has 0 spiro atoms. The Kier molecular flexibility index (Phi) is 12.0. The van der Waals surface area contributed by atoms with Gasteiger partial charge in [0.2, 0.25) is 5.91 Å². The van der Waals surface area contributed by atoms with E-state index in [2.05, 4.69) is 40.9 Å². The maximum Gasteiger partial charge on any atom is 0.243 e. The van der Waals surface area contributed by atoms with Crippen LogP contribution in [0.5, 0.6) is 0 Å². The van der Waals surface area contributed by atoms with Crippen LogP contribution in [0.2, 0.25) is 0 Å². The molecule has 2 N–H and O–H groups in total. The molecule has 6 nitrogen and oxygen atoms in total. The van der Waals surface area contributed by atoms with Crippen LogP contribution >= 0.6 is 35.3 Å². The van der Waals surface area contributed by atoms with Gasteiger partial charge in [0.25, 0.3) is 0 Å². The molecule has 2 atom stereocenters. The smallest absolute Gasteiger partial charge is 0.243 e. The van der Waals surface area contributed by atoms with Crippen molar-refractivity contribution in [3.05, 3.63) is 22.4 Å². The Morgan fingerprint density at radius 2 is 2.14 bits per heavy atom. The zero-order chi connectivity index (χ0) is 19.6. The third-order valence-corrected chi connectivity index (χ3v) is 5.99. The van der Waals surface area contributed by atoms with E-state index in [1.807, 2.05) is 6.07 Å². The number of hydrogen-bond acceptors (Lipinski definition) is 4. The molecule has 2 heterocycles. The number of halogens is 1. The SMILES string of the molecule is CCC(CC)C1CC(NC(=NCC(=O)N(C)C)NCc2cccs2)CCO1.I. The van der Waals surface area contributed by atoms with Crippen LogP contribution in [0.3, 0.4) is 0 Å². The van der Waals surface area contributed by atoms with Crippen molar-refractivity contribution in [2.24, 2.45) is 10.9 Å². The third kappa shape index (κ3) is 8.24. The van der Waals surface area contributed by atoms with Gasteiger partial charge in [-0.1, -0.05) is 32.8 Å². The van der Waals surface area contributed by atoms with Gasteiger partial charge in [0.1, 0.15) is 6.54 Å². The van der Waals surface area contributed by atoms with Crippen LogP contribution in [-0.4, -0.2) is 56.2 Å². The van der Waals surface area contributed by atoms with E-state index >= 15 is 0 Å². The van der Waals surface area contributed by atoms with Gasteiger partial charge in [-0.25, -0.2) is 4.99 Å². The predicted octanol–water partition coefficient (Wildman–Crippen LogP) is 3.47. The second kappa shape index (κ2) is 13.4. The Labute approximate surface area is 190 Å². The maximum absolute atomic E-state index is 11.9. The fourth-order valence-corrected chi connectivity index (χ4v) is 3.96. The average Bonchev–Trinajstić information content (AvgIpc) is 3.18. The van der Waals surface area contributed by atoms with Gasteiger partial charge in [-0.3, -0.25) is 4.79 Å². The maximum atomic E-state index is 11.9. The molecule has 1 aliphatic rings. The second-order valence-electron chi connectivity index (χ2n) is 7.24. The minimum Gasteiger partial charge on any atom is -0.378 e. The number of nitrogens with one attached hydrogen (secondary N) is 2. The number of amides is 1. The molecule has 8 heteroatoms. The first-order valence-electron chi connectivity index (χ1n) is 9.92. The molecule has 1 aliphatic heterocycles. The molecule has 0 aliphatic carbocycles. The largest absolute Gasteiger partial charge is 0.378 e. The van der Waals surface area contributed by atoms with Crippen LogP contribution < -0.4 is 10.6 Å². The molecule has 1 saturated heterocycles. The van der Waals surface area contributed by atoms with Crippen LogP contribution in [0.15, 0.2) is 22.5 Å². The lowest BCUT2D eigenvalue weighted by atomic mass is 9.89. The average molecular weight is 522 g/mol. The van der Waals surface area contributed by atoms with E-state index in [-0.39, 0.29) is 36.4 Å². The minimum absolute atomic E-state index is 0. The van der Waals surface area contributed by atoms with Gasteiger partial charge in [0.05, 0.1) is 12.6 Å². The molecule has 2 unspecified atom stereocenters. The number of guanidine groups is 1. The molecule has 28 heavy (non-hydrogen) atoms. The van der Waals surface area contributed by atoms with Crippen molar-refractivity contribution < 1.29 is 9.53 Å². The summed E-state index contributed by atoms with van der Waals surface area (Å²) in [6, 6.07) is 4.45. The van der Waals surface area contributed by atoms with Gasteiger partial charge in [-0.15, -0.1) is 35.3 Å². The van der Waals surface area contributed by atoms with Crippen molar-refractivity contribution in [2.45, 2.75) is 58.2 Å². The van der Waals surface area contributed by atoms with Gasteiger partial charge in [-0.2, -0.15) is 0 Å². The molecule has 1 aromatic heterocycles. The molecule has 0 bridgehead atoms. The first-order valence-corrected chi connectivity index (χ1v) is 10.8. The molecule has 0 aromatic carbocycles.